The third kappa shape index (κ3) is 6.55. The maximum Gasteiger partial charge on any atom is 0.261 e. The van der Waals surface area contributed by atoms with Gasteiger partial charge in [0.2, 0.25) is 0 Å². The maximum atomic E-state index is 12.7. The smallest absolute Gasteiger partial charge is 0.261 e. The fourth-order valence-electron chi connectivity index (χ4n) is 3.69. The van der Waals surface area contributed by atoms with Crippen molar-refractivity contribution in [3.05, 3.63) is 59.2 Å². The van der Waals surface area contributed by atoms with E-state index in [1.54, 1.807) is 42.5 Å². The SMILES string of the molecule is Cc1ccc(S(=O)(=O)Nc2cc(C(=O)NCCCN3CCC(C)CC3)ccc2C)cc1. The van der Waals surface area contributed by atoms with Crippen LogP contribution in [0.15, 0.2) is 47.4 Å². The summed E-state index contributed by atoms with van der Waals surface area (Å²) in [4.78, 5) is 15.2. The Kier molecular flexibility index (Phi) is 7.73. The number of hydrogen-bond acceptors (Lipinski definition) is 4. The predicted octanol–water partition coefficient (Wildman–Crippen LogP) is 3.96. The lowest BCUT2D eigenvalue weighted by Crippen LogP contribution is -2.35. The lowest BCUT2D eigenvalue weighted by atomic mass is 9.99. The van der Waals surface area contributed by atoms with Crippen molar-refractivity contribution in [1.29, 1.82) is 0 Å². The fraction of sp³-hybridized carbons (Fsp3) is 0.458. The summed E-state index contributed by atoms with van der Waals surface area (Å²) in [6, 6.07) is 11.8. The van der Waals surface area contributed by atoms with E-state index in [2.05, 4.69) is 21.9 Å². The van der Waals surface area contributed by atoms with Crippen LogP contribution in [0.25, 0.3) is 0 Å². The number of aryl methyl sites for hydroxylation is 2. The van der Waals surface area contributed by atoms with Gasteiger partial charge in [-0.25, -0.2) is 8.42 Å². The first-order valence-electron chi connectivity index (χ1n) is 11.0. The van der Waals surface area contributed by atoms with Crippen LogP contribution in [0, 0.1) is 19.8 Å². The van der Waals surface area contributed by atoms with Crippen LogP contribution >= 0.6 is 0 Å². The molecule has 7 heteroatoms. The lowest BCUT2D eigenvalue weighted by Gasteiger charge is -2.30. The summed E-state index contributed by atoms with van der Waals surface area (Å²) in [6.45, 7) is 9.88. The van der Waals surface area contributed by atoms with Gasteiger partial charge >= 0.3 is 0 Å². The molecule has 0 aromatic heterocycles. The van der Waals surface area contributed by atoms with Gasteiger partial charge in [-0.15, -0.1) is 0 Å². The molecule has 2 N–H and O–H groups in total. The highest BCUT2D eigenvalue weighted by Crippen LogP contribution is 2.22. The average molecular weight is 444 g/mol. The number of amides is 1. The number of carbonyl (C=O) groups excluding carboxylic acids is 1. The number of nitrogens with zero attached hydrogens (tertiary/aromatic N) is 1. The summed E-state index contributed by atoms with van der Waals surface area (Å²) in [7, 11) is -3.72. The van der Waals surface area contributed by atoms with Gasteiger partial charge in [0.25, 0.3) is 15.9 Å². The minimum Gasteiger partial charge on any atom is -0.352 e. The molecule has 31 heavy (non-hydrogen) atoms. The van der Waals surface area contributed by atoms with Crippen molar-refractivity contribution in [2.75, 3.05) is 30.9 Å². The first-order chi connectivity index (χ1) is 14.7. The van der Waals surface area contributed by atoms with E-state index in [4.69, 9.17) is 0 Å². The van der Waals surface area contributed by atoms with Crippen LogP contribution in [0.5, 0.6) is 0 Å². The topological polar surface area (TPSA) is 78.5 Å². The molecule has 2 aromatic carbocycles. The van der Waals surface area contributed by atoms with Gasteiger partial charge in [0.15, 0.2) is 0 Å². The zero-order valence-corrected chi connectivity index (χ0v) is 19.5. The Morgan fingerprint density at radius 3 is 2.42 bits per heavy atom. The molecule has 0 saturated carbocycles. The second-order valence-electron chi connectivity index (χ2n) is 8.58. The lowest BCUT2D eigenvalue weighted by molar-refractivity contribution is 0.0950. The highest BCUT2D eigenvalue weighted by Gasteiger charge is 2.17. The van der Waals surface area contributed by atoms with Crippen LogP contribution < -0.4 is 10.0 Å². The Balaban J connectivity index is 1.57. The van der Waals surface area contributed by atoms with Crippen molar-refractivity contribution < 1.29 is 13.2 Å². The van der Waals surface area contributed by atoms with Gasteiger partial charge in [-0.2, -0.15) is 0 Å². The Labute approximate surface area is 186 Å². The van der Waals surface area contributed by atoms with Crippen molar-refractivity contribution >= 4 is 21.6 Å². The van der Waals surface area contributed by atoms with Gasteiger partial charge in [-0.3, -0.25) is 9.52 Å². The van der Waals surface area contributed by atoms with Crippen molar-refractivity contribution in [2.24, 2.45) is 5.92 Å². The summed E-state index contributed by atoms with van der Waals surface area (Å²) in [6.07, 6.45) is 3.40. The van der Waals surface area contributed by atoms with E-state index in [1.807, 2.05) is 13.8 Å². The number of benzene rings is 2. The van der Waals surface area contributed by atoms with Crippen molar-refractivity contribution in [2.45, 2.75) is 44.9 Å². The second-order valence-corrected chi connectivity index (χ2v) is 10.3. The van der Waals surface area contributed by atoms with Crippen LogP contribution in [0.1, 0.15) is 47.7 Å². The summed E-state index contributed by atoms with van der Waals surface area (Å²) in [5, 5.41) is 2.95. The molecular weight excluding hydrogens is 410 g/mol. The van der Waals surface area contributed by atoms with Gasteiger partial charge in [0, 0.05) is 12.1 Å². The third-order valence-electron chi connectivity index (χ3n) is 5.89. The van der Waals surface area contributed by atoms with Gasteiger partial charge in [-0.1, -0.05) is 30.7 Å². The van der Waals surface area contributed by atoms with E-state index in [9.17, 15) is 13.2 Å². The molecule has 0 unspecified atom stereocenters. The Morgan fingerprint density at radius 1 is 1.06 bits per heavy atom. The van der Waals surface area contributed by atoms with E-state index in [0.29, 0.717) is 17.8 Å². The van der Waals surface area contributed by atoms with Crippen molar-refractivity contribution in [1.82, 2.24) is 10.2 Å². The van der Waals surface area contributed by atoms with E-state index < -0.39 is 10.0 Å². The van der Waals surface area contributed by atoms with E-state index >= 15 is 0 Å². The minimum absolute atomic E-state index is 0.192. The number of nitrogens with one attached hydrogen (secondary N) is 2. The van der Waals surface area contributed by atoms with Crippen LogP contribution in [-0.4, -0.2) is 45.4 Å². The quantitative estimate of drug-likeness (QED) is 0.606. The molecule has 1 aliphatic rings. The van der Waals surface area contributed by atoms with Gasteiger partial charge in [0.05, 0.1) is 10.6 Å². The number of rotatable bonds is 8. The average Bonchev–Trinajstić information content (AvgIpc) is 2.74. The number of anilines is 1. The zero-order valence-electron chi connectivity index (χ0n) is 18.6. The molecule has 1 aliphatic heterocycles. The van der Waals surface area contributed by atoms with Crippen molar-refractivity contribution in [3.63, 3.8) is 0 Å². The molecule has 0 radical (unpaired) electrons. The van der Waals surface area contributed by atoms with Crippen LogP contribution in [0.3, 0.4) is 0 Å². The fourth-order valence-corrected chi connectivity index (χ4v) is 4.81. The van der Waals surface area contributed by atoms with Crippen LogP contribution in [-0.2, 0) is 10.0 Å². The molecule has 2 aromatic rings. The summed E-state index contributed by atoms with van der Waals surface area (Å²) in [5.74, 6) is 0.623. The Morgan fingerprint density at radius 2 is 1.74 bits per heavy atom. The van der Waals surface area contributed by atoms with E-state index in [0.717, 1.165) is 43.1 Å². The second kappa shape index (κ2) is 10.3. The molecule has 0 bridgehead atoms. The van der Waals surface area contributed by atoms with E-state index in [1.165, 1.54) is 12.8 Å². The first kappa shape index (κ1) is 23.3. The van der Waals surface area contributed by atoms with Gasteiger partial charge in [-0.05, 0) is 88.5 Å². The molecule has 6 nitrogen and oxygen atoms in total. The maximum absolute atomic E-state index is 12.7. The van der Waals surface area contributed by atoms with Gasteiger partial charge in [0.1, 0.15) is 0 Å². The Hall–Kier alpha value is -2.38. The molecule has 1 saturated heterocycles. The Bertz CT molecular complexity index is 995. The molecule has 168 valence electrons. The molecule has 0 atom stereocenters. The normalized spacial score (nSPS) is 15.6. The number of sulfonamides is 1. The highest BCUT2D eigenvalue weighted by atomic mass is 32.2. The summed E-state index contributed by atoms with van der Waals surface area (Å²) in [5.41, 5.74) is 2.60. The van der Waals surface area contributed by atoms with E-state index in [-0.39, 0.29) is 10.8 Å². The summed E-state index contributed by atoms with van der Waals surface area (Å²) >= 11 is 0. The van der Waals surface area contributed by atoms with Crippen LogP contribution in [0.4, 0.5) is 5.69 Å². The minimum atomic E-state index is -3.72. The molecule has 3 rings (SSSR count). The first-order valence-corrected chi connectivity index (χ1v) is 12.4. The predicted molar refractivity (Wildman–Crippen MR) is 125 cm³/mol. The number of piperidine rings is 1. The highest BCUT2D eigenvalue weighted by molar-refractivity contribution is 7.92. The zero-order chi connectivity index (χ0) is 22.4. The molecule has 1 fully saturated rings. The number of likely N-dealkylation sites (tertiary alicyclic amines) is 1. The monoisotopic (exact) mass is 443 g/mol. The molecular formula is C24H33N3O3S. The molecule has 0 spiro atoms. The molecule has 1 amide bonds. The van der Waals surface area contributed by atoms with Gasteiger partial charge < -0.3 is 10.2 Å². The summed E-state index contributed by atoms with van der Waals surface area (Å²) < 4.78 is 28.0. The standard InChI is InChI=1S/C24H33N3O3S/c1-18-5-9-22(10-6-18)31(29,30)26-23-17-21(8-7-20(23)3)24(28)25-13-4-14-27-15-11-19(2)12-16-27/h5-10,17,19,26H,4,11-16H2,1-3H3,(H,25,28). The largest absolute Gasteiger partial charge is 0.352 e. The van der Waals surface area contributed by atoms with Crippen molar-refractivity contribution in [3.8, 4) is 0 Å². The number of carbonyl (C=O) groups is 1. The number of hydrogen-bond donors (Lipinski definition) is 2. The van der Waals surface area contributed by atoms with Crippen LogP contribution in [0.2, 0.25) is 0 Å². The molecule has 1 heterocycles. The third-order valence-corrected chi connectivity index (χ3v) is 7.27. The molecule has 0 aliphatic carbocycles.